The van der Waals surface area contributed by atoms with Gasteiger partial charge in [0, 0.05) is 0 Å². The van der Waals surface area contributed by atoms with Crippen molar-refractivity contribution in [1.29, 1.82) is 0 Å². The van der Waals surface area contributed by atoms with Gasteiger partial charge in [-0.05, 0) is 12.2 Å². The topological polar surface area (TPSA) is 110 Å². The Morgan fingerprint density at radius 1 is 1.56 bits per heavy atom. The standard InChI is InChI=1S/C2H7N5OS/c3-1(8)6-2(9)7(4)5/h4-5H2,(H3,3,6,8,9). The van der Waals surface area contributed by atoms with Crippen molar-refractivity contribution in [2.45, 2.75) is 0 Å². The van der Waals surface area contributed by atoms with Crippen LogP contribution in [0, 0.1) is 0 Å². The number of hydrogen-bond donors (Lipinski definition) is 4. The first kappa shape index (κ1) is 8.08. The Morgan fingerprint density at radius 2 is 2.00 bits per heavy atom. The number of hydrogen-bond acceptors (Lipinski definition) is 4. The van der Waals surface area contributed by atoms with Gasteiger partial charge in [-0.25, -0.2) is 21.6 Å². The van der Waals surface area contributed by atoms with Crippen molar-refractivity contribution in [1.82, 2.24) is 10.4 Å². The Kier molecular flexibility index (Phi) is 2.85. The first-order valence-corrected chi connectivity index (χ1v) is 2.35. The third kappa shape index (κ3) is 3.64. The number of nitrogens with two attached hydrogens (primary N) is 3. The Balaban J connectivity index is 3.64. The van der Waals surface area contributed by atoms with Crippen LogP contribution < -0.4 is 22.7 Å². The molecule has 0 aromatic rings. The van der Waals surface area contributed by atoms with Crippen LogP contribution in [0.15, 0.2) is 0 Å². The Morgan fingerprint density at radius 3 is 2.11 bits per heavy atom. The molecule has 0 heterocycles. The minimum absolute atomic E-state index is 0.123. The monoisotopic (exact) mass is 149 g/mol. The van der Waals surface area contributed by atoms with Crippen molar-refractivity contribution in [3.63, 3.8) is 0 Å². The lowest BCUT2D eigenvalue weighted by atomic mass is 10.9. The molecule has 0 aliphatic carbocycles. The fourth-order valence-corrected chi connectivity index (χ4v) is 0.271. The predicted molar refractivity (Wildman–Crippen MR) is 35.5 cm³/mol. The zero-order valence-corrected chi connectivity index (χ0v) is 5.31. The van der Waals surface area contributed by atoms with Gasteiger partial charge in [0.1, 0.15) is 0 Å². The first-order valence-electron chi connectivity index (χ1n) is 1.94. The summed E-state index contributed by atoms with van der Waals surface area (Å²) in [5.41, 5.74) is 4.66. The quantitative estimate of drug-likeness (QED) is 0.181. The van der Waals surface area contributed by atoms with Crippen LogP contribution in [0.5, 0.6) is 0 Å². The van der Waals surface area contributed by atoms with Crippen LogP contribution in [0.3, 0.4) is 0 Å². The molecular weight excluding hydrogens is 142 g/mol. The Bertz CT molecular complexity index is 133. The van der Waals surface area contributed by atoms with E-state index in [0.717, 1.165) is 0 Å². The summed E-state index contributed by atoms with van der Waals surface area (Å²) in [7, 11) is 0. The molecule has 0 atom stereocenters. The van der Waals surface area contributed by atoms with Gasteiger partial charge < -0.3 is 5.73 Å². The molecule has 9 heavy (non-hydrogen) atoms. The van der Waals surface area contributed by atoms with E-state index in [0.29, 0.717) is 5.12 Å². The molecule has 0 spiro atoms. The smallest absolute Gasteiger partial charge is 0.318 e. The fraction of sp³-hybridized carbons (Fsp3) is 0. The molecule has 0 aliphatic heterocycles. The summed E-state index contributed by atoms with van der Waals surface area (Å²) in [5, 5.41) is 2.45. The van der Waals surface area contributed by atoms with Gasteiger partial charge in [0.15, 0.2) is 0 Å². The van der Waals surface area contributed by atoms with E-state index in [1.165, 1.54) is 0 Å². The van der Waals surface area contributed by atoms with E-state index in [4.69, 9.17) is 11.7 Å². The second kappa shape index (κ2) is 3.17. The molecule has 0 bridgehead atoms. The highest BCUT2D eigenvalue weighted by Gasteiger charge is 1.99. The van der Waals surface area contributed by atoms with Crippen LogP contribution in [0.25, 0.3) is 0 Å². The summed E-state index contributed by atoms with van der Waals surface area (Å²) in [6.45, 7) is 0. The van der Waals surface area contributed by atoms with Crippen LogP contribution in [0.4, 0.5) is 4.79 Å². The van der Waals surface area contributed by atoms with Crippen LogP contribution in [0.2, 0.25) is 0 Å². The summed E-state index contributed by atoms with van der Waals surface area (Å²) >= 11 is 4.42. The zero-order chi connectivity index (χ0) is 7.44. The molecule has 0 unspecified atom stereocenters. The Labute approximate surface area is 56.9 Å². The molecule has 52 valence electrons. The van der Waals surface area contributed by atoms with Gasteiger partial charge in [-0.15, -0.1) is 0 Å². The minimum Gasteiger partial charge on any atom is -0.351 e. The number of amides is 2. The maximum Gasteiger partial charge on any atom is 0.318 e. The van der Waals surface area contributed by atoms with Crippen LogP contribution in [0.1, 0.15) is 0 Å². The normalized spacial score (nSPS) is 8.22. The van der Waals surface area contributed by atoms with Gasteiger partial charge in [-0.3, -0.25) is 5.32 Å². The van der Waals surface area contributed by atoms with Gasteiger partial charge in [-0.1, -0.05) is 0 Å². The van der Waals surface area contributed by atoms with Crippen molar-refractivity contribution in [3.05, 3.63) is 0 Å². The van der Waals surface area contributed by atoms with Crippen LogP contribution >= 0.6 is 12.2 Å². The number of thiocarbonyl (C=S) groups is 1. The number of nitrogens with one attached hydrogen (secondary N) is 1. The molecule has 0 aromatic heterocycles. The second-order valence-corrected chi connectivity index (χ2v) is 1.59. The number of rotatable bonds is 0. The van der Waals surface area contributed by atoms with Crippen molar-refractivity contribution in [2.75, 3.05) is 0 Å². The van der Waals surface area contributed by atoms with Gasteiger partial charge >= 0.3 is 6.03 Å². The summed E-state index contributed by atoms with van der Waals surface area (Å²) < 4.78 is 0. The molecule has 6 nitrogen and oxygen atoms in total. The third-order valence-electron chi connectivity index (χ3n) is 0.465. The summed E-state index contributed by atoms with van der Waals surface area (Å²) in [6.07, 6.45) is 0. The van der Waals surface area contributed by atoms with Gasteiger partial charge in [0.25, 0.3) is 0 Å². The lowest BCUT2D eigenvalue weighted by Crippen LogP contribution is -2.51. The maximum absolute atomic E-state index is 10.0. The second-order valence-electron chi connectivity index (χ2n) is 1.20. The molecule has 0 saturated heterocycles. The lowest BCUT2D eigenvalue weighted by molar-refractivity contribution is 0.252. The maximum atomic E-state index is 10.0. The van der Waals surface area contributed by atoms with Crippen molar-refractivity contribution in [3.8, 4) is 0 Å². The van der Waals surface area contributed by atoms with Crippen LogP contribution in [-0.2, 0) is 0 Å². The van der Waals surface area contributed by atoms with Gasteiger partial charge in [0.05, 0.1) is 0 Å². The minimum atomic E-state index is -0.791. The van der Waals surface area contributed by atoms with Crippen molar-refractivity contribution in [2.24, 2.45) is 17.4 Å². The van der Waals surface area contributed by atoms with E-state index in [-0.39, 0.29) is 5.11 Å². The van der Waals surface area contributed by atoms with E-state index in [2.05, 4.69) is 18.0 Å². The number of hydrazine groups is 2. The lowest BCUT2D eigenvalue weighted by Gasteiger charge is -2.10. The molecule has 0 rings (SSSR count). The fourth-order valence-electron chi connectivity index (χ4n) is 0.170. The Hall–Kier alpha value is -0.920. The number of urea groups is 1. The van der Waals surface area contributed by atoms with E-state index >= 15 is 0 Å². The average molecular weight is 149 g/mol. The number of carbonyl (C=O) groups excluding carboxylic acids is 1. The van der Waals surface area contributed by atoms with E-state index < -0.39 is 6.03 Å². The van der Waals surface area contributed by atoms with E-state index in [1.54, 1.807) is 0 Å². The molecule has 2 amide bonds. The summed E-state index contributed by atoms with van der Waals surface area (Å²) in [6, 6.07) is -0.791. The van der Waals surface area contributed by atoms with Gasteiger partial charge in [0.2, 0.25) is 5.11 Å². The largest absolute Gasteiger partial charge is 0.351 e. The van der Waals surface area contributed by atoms with E-state index in [1.807, 2.05) is 5.32 Å². The predicted octanol–water partition coefficient (Wildman–Crippen LogP) is -2.01. The summed E-state index contributed by atoms with van der Waals surface area (Å²) in [4.78, 5) is 10.0. The number of primary amides is 1. The van der Waals surface area contributed by atoms with Crippen molar-refractivity contribution < 1.29 is 4.79 Å². The highest BCUT2D eigenvalue weighted by atomic mass is 32.1. The van der Waals surface area contributed by atoms with E-state index in [9.17, 15) is 4.79 Å². The van der Waals surface area contributed by atoms with Gasteiger partial charge in [-0.2, -0.15) is 0 Å². The molecule has 0 aromatic carbocycles. The first-order chi connectivity index (χ1) is 4.04. The molecule has 0 aliphatic rings. The number of carbonyl (C=O) groups is 1. The molecule has 7 N–H and O–H groups in total. The zero-order valence-electron chi connectivity index (χ0n) is 4.50. The number of nitrogens with zero attached hydrogens (tertiary/aromatic N) is 1. The average Bonchev–Trinajstić information content (AvgIpc) is 1.63. The van der Waals surface area contributed by atoms with Crippen molar-refractivity contribution >= 4 is 23.4 Å². The SMILES string of the molecule is NC(=O)NC(=S)N(N)N. The molecule has 7 heteroatoms. The molecule has 0 fully saturated rings. The molecule has 0 saturated carbocycles. The molecular formula is C2H7N5OS. The van der Waals surface area contributed by atoms with Crippen LogP contribution in [-0.4, -0.2) is 16.3 Å². The third-order valence-corrected chi connectivity index (χ3v) is 0.778. The summed E-state index contributed by atoms with van der Waals surface area (Å²) in [5.74, 6) is 9.77. The molecule has 0 radical (unpaired) electrons. The highest BCUT2D eigenvalue weighted by Crippen LogP contribution is 1.68. The highest BCUT2D eigenvalue weighted by molar-refractivity contribution is 7.80.